The van der Waals surface area contributed by atoms with Gasteiger partial charge in [0.2, 0.25) is 0 Å². The number of para-hydroxylation sites is 3. The molecule has 9 aromatic rings. The summed E-state index contributed by atoms with van der Waals surface area (Å²) in [7, 11) is 0. The Morgan fingerprint density at radius 2 is 1.16 bits per heavy atom. The Morgan fingerprint density at radius 1 is 0.515 bits per heavy atom. The summed E-state index contributed by atoms with van der Waals surface area (Å²) in [5, 5.41) is 0. The van der Waals surface area contributed by atoms with Gasteiger partial charge in [0.1, 0.15) is 0 Å². The minimum atomic E-state index is -4.51. The molecule has 0 atom stereocenters. The van der Waals surface area contributed by atoms with Crippen molar-refractivity contribution in [3.63, 3.8) is 0 Å². The van der Waals surface area contributed by atoms with Gasteiger partial charge in [-0.25, -0.2) is 0 Å². The first kappa shape index (κ1) is 43.0. The monoisotopic (exact) mass is 963 g/mol. The molecule has 334 valence electrons. The summed E-state index contributed by atoms with van der Waals surface area (Å²) in [6.07, 6.45) is -1.02. The van der Waals surface area contributed by atoms with Crippen LogP contribution in [-0.2, 0) is 11.6 Å². The number of fused-ring (bicyclic) bond motifs is 3. The van der Waals surface area contributed by atoms with Gasteiger partial charge in [0.25, 0.3) is 0 Å². The fraction of sp³-hybridized carbons (Fsp3) is 0.103. The third-order valence-electron chi connectivity index (χ3n) is 12.4. The average Bonchev–Trinajstić information content (AvgIpc) is 3.75. The zero-order chi connectivity index (χ0) is 46.6. The summed E-state index contributed by atoms with van der Waals surface area (Å²) < 4.78 is 51.0. The predicted octanol–water partition coefficient (Wildman–Crippen LogP) is 14.3. The average molecular weight is 963 g/mol. The first-order chi connectivity index (χ1) is 33.0. The van der Waals surface area contributed by atoms with Crippen LogP contribution in [0.3, 0.4) is 0 Å². The molecule has 0 fully saturated rings. The van der Waals surface area contributed by atoms with Gasteiger partial charge < -0.3 is 0 Å². The zero-order valence-electron chi connectivity index (χ0n) is 37.4. The van der Waals surface area contributed by atoms with E-state index < -0.39 is 11.7 Å². The molecule has 68 heavy (non-hydrogen) atoms. The number of alkyl halides is 3. The van der Waals surface area contributed by atoms with E-state index in [1.165, 1.54) is 6.07 Å². The van der Waals surface area contributed by atoms with Crippen molar-refractivity contribution in [1.82, 2.24) is 9.97 Å². The van der Waals surface area contributed by atoms with E-state index in [2.05, 4.69) is 152 Å². The molecule has 0 radical (unpaired) electrons. The zero-order valence-corrected chi connectivity index (χ0v) is 39.2. The van der Waals surface area contributed by atoms with E-state index in [0.717, 1.165) is 76.7 Å². The molecule has 11 rings (SSSR count). The summed E-state index contributed by atoms with van der Waals surface area (Å²) in [5.74, 6) is 1.40. The van der Waals surface area contributed by atoms with Gasteiger partial charge in [-0.1, -0.05) is 103 Å². The van der Waals surface area contributed by atoms with Gasteiger partial charge >= 0.3 is 259 Å². The second kappa shape index (κ2) is 17.2. The molecule has 6 nitrogen and oxygen atoms in total. The number of rotatable bonds is 8. The van der Waals surface area contributed by atoms with E-state index in [9.17, 15) is 13.2 Å². The molecule has 10 heteroatoms. The third kappa shape index (κ3) is 8.16. The SMILES string of the molecule is CC(C)(C)c1ccnc(N2c3cc(C(F)(F)F)ccc3[Se]c3cnc(Oc4cccc(N5CN(c6c(-c7ccccc7)cccc6-c6cccc(-c7ccccc7)c6)c6ccccc65)c4)cc32)c1. The van der Waals surface area contributed by atoms with Crippen LogP contribution < -0.4 is 28.4 Å². The van der Waals surface area contributed by atoms with Crippen molar-refractivity contribution >= 4 is 63.8 Å². The quantitative estimate of drug-likeness (QED) is 0.141. The molecular formula is C58H44F3N5OSe. The molecular weight excluding hydrogens is 919 g/mol. The molecule has 7 aromatic carbocycles. The fourth-order valence-electron chi connectivity index (χ4n) is 9.06. The minimum absolute atomic E-state index is 0.219. The first-order valence-electron chi connectivity index (χ1n) is 22.4. The number of hydrogen-bond acceptors (Lipinski definition) is 6. The molecule has 0 saturated carbocycles. The van der Waals surface area contributed by atoms with Crippen molar-refractivity contribution in [3.05, 3.63) is 212 Å². The summed E-state index contributed by atoms with van der Waals surface area (Å²) in [4.78, 5) is 16.0. The van der Waals surface area contributed by atoms with Crippen LogP contribution in [-0.4, -0.2) is 31.6 Å². The van der Waals surface area contributed by atoms with Crippen LogP contribution in [0.1, 0.15) is 31.9 Å². The van der Waals surface area contributed by atoms with Crippen LogP contribution in [0.25, 0.3) is 33.4 Å². The summed E-state index contributed by atoms with van der Waals surface area (Å²) in [6, 6.07) is 62.4. The van der Waals surface area contributed by atoms with Crippen LogP contribution in [0, 0.1) is 0 Å². The van der Waals surface area contributed by atoms with Crippen LogP contribution >= 0.6 is 0 Å². The van der Waals surface area contributed by atoms with E-state index in [-0.39, 0.29) is 20.4 Å². The molecule has 0 bridgehead atoms. The van der Waals surface area contributed by atoms with Gasteiger partial charge in [0.05, 0.1) is 0 Å². The van der Waals surface area contributed by atoms with E-state index in [4.69, 9.17) is 14.7 Å². The van der Waals surface area contributed by atoms with Gasteiger partial charge in [0.15, 0.2) is 0 Å². The number of pyridine rings is 2. The maximum absolute atomic E-state index is 14.2. The second-order valence-electron chi connectivity index (χ2n) is 17.9. The molecule has 0 saturated heterocycles. The van der Waals surface area contributed by atoms with E-state index in [1.54, 1.807) is 18.5 Å². The molecule has 4 heterocycles. The van der Waals surface area contributed by atoms with Crippen molar-refractivity contribution in [2.24, 2.45) is 0 Å². The van der Waals surface area contributed by atoms with E-state index in [1.807, 2.05) is 53.4 Å². The van der Waals surface area contributed by atoms with E-state index in [0.29, 0.717) is 35.5 Å². The van der Waals surface area contributed by atoms with Crippen molar-refractivity contribution in [1.29, 1.82) is 0 Å². The standard InChI is InChI=1S/C58H44F3N5OSe/c1-57(2,3)42-29-30-62-54(33-42)66-50-32-43(58(59,60)61)27-28-52(50)68-53-36-63-55(35-51(53)66)67-45-22-13-21-44(34-45)64-37-65(49-26-11-10-25-48(49)64)56-46(39-17-8-5-9-18-39)23-14-24-47(56)41-20-12-19-40(31-41)38-15-6-4-7-16-38/h4-36H,37H2,1-3H3. The van der Waals surface area contributed by atoms with Crippen LogP contribution in [0.4, 0.5) is 53.1 Å². The number of hydrogen-bond donors (Lipinski definition) is 0. The van der Waals surface area contributed by atoms with Crippen LogP contribution in [0.2, 0.25) is 0 Å². The molecule has 2 aromatic heterocycles. The molecule has 0 amide bonds. The summed E-state index contributed by atoms with van der Waals surface area (Å²) in [5.41, 5.74) is 12.1. The van der Waals surface area contributed by atoms with Crippen molar-refractivity contribution in [2.75, 3.05) is 21.4 Å². The van der Waals surface area contributed by atoms with Gasteiger partial charge in [-0.3, -0.25) is 0 Å². The maximum atomic E-state index is 14.2. The molecule has 2 aliphatic rings. The number of halogens is 3. The van der Waals surface area contributed by atoms with Crippen LogP contribution in [0.15, 0.2) is 200 Å². The summed E-state index contributed by atoms with van der Waals surface area (Å²) >= 11 is -0.322. The Kier molecular flexibility index (Phi) is 10.9. The number of nitrogens with zero attached hydrogens (tertiary/aromatic N) is 5. The molecule has 2 aliphatic heterocycles. The second-order valence-corrected chi connectivity index (χ2v) is 20.1. The van der Waals surface area contributed by atoms with Crippen molar-refractivity contribution in [2.45, 2.75) is 32.4 Å². The molecule has 0 N–H and O–H groups in total. The Morgan fingerprint density at radius 3 is 1.91 bits per heavy atom. The molecule has 0 spiro atoms. The van der Waals surface area contributed by atoms with Gasteiger partial charge in [-0.2, -0.15) is 0 Å². The third-order valence-corrected chi connectivity index (χ3v) is 14.7. The Bertz CT molecular complexity index is 3340. The fourth-order valence-corrected chi connectivity index (χ4v) is 11.1. The predicted molar refractivity (Wildman–Crippen MR) is 270 cm³/mol. The topological polar surface area (TPSA) is 44.7 Å². The van der Waals surface area contributed by atoms with Gasteiger partial charge in [0, 0.05) is 11.1 Å². The van der Waals surface area contributed by atoms with Gasteiger partial charge in [-0.05, 0) is 28.3 Å². The number of benzene rings is 7. The number of anilines is 7. The number of aromatic nitrogens is 2. The van der Waals surface area contributed by atoms with Gasteiger partial charge in [-0.15, -0.1) is 0 Å². The van der Waals surface area contributed by atoms with Crippen molar-refractivity contribution < 1.29 is 17.9 Å². The van der Waals surface area contributed by atoms with E-state index >= 15 is 0 Å². The normalized spacial score (nSPS) is 13.2. The Labute approximate surface area is 400 Å². The molecule has 0 unspecified atom stereocenters. The molecule has 0 aliphatic carbocycles. The summed E-state index contributed by atoms with van der Waals surface area (Å²) in [6.45, 7) is 6.82. The Balaban J connectivity index is 0.962. The van der Waals surface area contributed by atoms with Crippen LogP contribution in [0.5, 0.6) is 11.6 Å². The Hall–Kier alpha value is -7.65. The number of ether oxygens (including phenoxy) is 1. The van der Waals surface area contributed by atoms with Crippen molar-refractivity contribution in [3.8, 4) is 45.0 Å². The first-order valence-corrected chi connectivity index (χ1v) is 24.1.